The maximum atomic E-state index is 12.5. The van der Waals surface area contributed by atoms with Crippen molar-refractivity contribution in [2.24, 2.45) is 0 Å². The molecule has 0 aliphatic carbocycles. The molecule has 120 valence electrons. The number of benzene rings is 1. The van der Waals surface area contributed by atoms with E-state index in [4.69, 9.17) is 0 Å². The van der Waals surface area contributed by atoms with E-state index in [0.717, 1.165) is 11.1 Å². The van der Waals surface area contributed by atoms with Gasteiger partial charge in [0, 0.05) is 5.75 Å². The second-order valence-electron chi connectivity index (χ2n) is 5.44. The third-order valence-electron chi connectivity index (χ3n) is 3.21. The van der Waals surface area contributed by atoms with E-state index in [1.54, 1.807) is 10.7 Å². The summed E-state index contributed by atoms with van der Waals surface area (Å²) in [5.41, 5.74) is 1.73. The first-order valence-electron chi connectivity index (χ1n) is 7.02. The minimum Gasteiger partial charge on any atom is -0.224 e. The molecule has 0 radical (unpaired) electrons. The Balaban J connectivity index is 2.07. The van der Waals surface area contributed by atoms with Gasteiger partial charge >= 0.3 is 0 Å². The topological polar surface area (TPSA) is 77.7 Å². The van der Waals surface area contributed by atoms with Crippen LogP contribution in [0.3, 0.4) is 0 Å². The van der Waals surface area contributed by atoms with E-state index in [1.165, 1.54) is 11.8 Å². The molecule has 2 rings (SSSR count). The Morgan fingerprint density at radius 1 is 1.27 bits per heavy atom. The van der Waals surface area contributed by atoms with E-state index in [2.05, 4.69) is 15.5 Å². The largest absolute Gasteiger partial charge is 0.224 e. The lowest BCUT2D eigenvalue weighted by atomic mass is 10.2. The Morgan fingerprint density at radius 2 is 2.00 bits per heavy atom. The van der Waals surface area contributed by atoms with Crippen molar-refractivity contribution in [2.75, 3.05) is 11.5 Å². The fourth-order valence-corrected chi connectivity index (χ4v) is 5.01. The first-order chi connectivity index (χ1) is 10.3. The van der Waals surface area contributed by atoms with Crippen LogP contribution in [0.25, 0.3) is 0 Å². The fourth-order valence-electron chi connectivity index (χ4n) is 2.00. The van der Waals surface area contributed by atoms with Crippen LogP contribution in [0.15, 0.2) is 28.3 Å². The van der Waals surface area contributed by atoms with Gasteiger partial charge in [0.15, 0.2) is 9.84 Å². The number of nitrogens with zero attached hydrogens (tertiary/aromatic N) is 4. The van der Waals surface area contributed by atoms with Crippen molar-refractivity contribution in [2.45, 2.75) is 43.8 Å². The molecule has 1 heterocycles. The van der Waals surface area contributed by atoms with E-state index in [0.29, 0.717) is 15.8 Å². The lowest BCUT2D eigenvalue weighted by Gasteiger charge is -2.09. The van der Waals surface area contributed by atoms with Crippen LogP contribution in [-0.4, -0.2) is 40.1 Å². The Kier molecular flexibility index (Phi) is 5.23. The van der Waals surface area contributed by atoms with Gasteiger partial charge < -0.3 is 0 Å². The summed E-state index contributed by atoms with van der Waals surface area (Å²) in [5, 5.41) is 12.1. The zero-order valence-electron chi connectivity index (χ0n) is 13.1. The molecule has 1 aromatic carbocycles. The molecule has 0 amide bonds. The molecule has 0 saturated carbocycles. The van der Waals surface area contributed by atoms with Gasteiger partial charge in [0.25, 0.3) is 0 Å². The van der Waals surface area contributed by atoms with Crippen molar-refractivity contribution in [3.05, 3.63) is 29.3 Å². The van der Waals surface area contributed by atoms with Gasteiger partial charge in [-0.3, -0.25) is 0 Å². The van der Waals surface area contributed by atoms with Crippen LogP contribution in [0.4, 0.5) is 0 Å². The van der Waals surface area contributed by atoms with Gasteiger partial charge in [-0.1, -0.05) is 23.9 Å². The third-order valence-corrected chi connectivity index (χ3v) is 6.26. The van der Waals surface area contributed by atoms with E-state index in [-0.39, 0.29) is 11.8 Å². The number of rotatable bonds is 6. The Hall–Kier alpha value is -1.41. The molecule has 8 heteroatoms. The minimum atomic E-state index is -3.30. The third kappa shape index (κ3) is 3.86. The first-order valence-corrected chi connectivity index (χ1v) is 9.65. The monoisotopic (exact) mass is 340 g/mol. The fraction of sp³-hybridized carbons (Fsp3) is 0.500. The van der Waals surface area contributed by atoms with Gasteiger partial charge in [0.2, 0.25) is 5.16 Å². The lowest BCUT2D eigenvalue weighted by molar-refractivity contribution is 0.477. The summed E-state index contributed by atoms with van der Waals surface area (Å²) in [4.78, 5) is 0.413. The number of thioether (sulfide) groups is 1. The van der Waals surface area contributed by atoms with Crippen LogP contribution in [-0.2, 0) is 9.84 Å². The highest BCUT2D eigenvalue weighted by Crippen LogP contribution is 2.22. The van der Waals surface area contributed by atoms with Crippen LogP contribution in [0, 0.1) is 13.8 Å². The SMILES string of the molecule is Cc1ccc(C)c(S(=O)(=O)CCSc2nnnn2C(C)C)c1. The number of tetrazole rings is 1. The van der Waals surface area contributed by atoms with Gasteiger partial charge in [-0.2, -0.15) is 0 Å². The van der Waals surface area contributed by atoms with Crippen molar-refractivity contribution in [3.8, 4) is 0 Å². The molecule has 0 unspecified atom stereocenters. The zero-order chi connectivity index (χ0) is 16.3. The summed E-state index contributed by atoms with van der Waals surface area (Å²) in [6.45, 7) is 7.67. The molecule has 0 atom stereocenters. The van der Waals surface area contributed by atoms with E-state index >= 15 is 0 Å². The second kappa shape index (κ2) is 6.78. The van der Waals surface area contributed by atoms with Gasteiger partial charge in [-0.15, -0.1) is 5.10 Å². The molecular weight excluding hydrogens is 320 g/mol. The molecule has 22 heavy (non-hydrogen) atoms. The highest BCUT2D eigenvalue weighted by atomic mass is 32.2. The van der Waals surface area contributed by atoms with E-state index in [1.807, 2.05) is 39.8 Å². The van der Waals surface area contributed by atoms with E-state index in [9.17, 15) is 8.42 Å². The summed E-state index contributed by atoms with van der Waals surface area (Å²) in [6.07, 6.45) is 0. The second-order valence-corrected chi connectivity index (χ2v) is 8.58. The van der Waals surface area contributed by atoms with Gasteiger partial charge in [-0.25, -0.2) is 13.1 Å². The molecule has 0 bridgehead atoms. The highest BCUT2D eigenvalue weighted by molar-refractivity contribution is 8.00. The quantitative estimate of drug-likeness (QED) is 0.752. The molecular formula is C14H20N4O2S2. The van der Waals surface area contributed by atoms with Crippen LogP contribution < -0.4 is 0 Å². The molecule has 1 aromatic heterocycles. The summed E-state index contributed by atoms with van der Waals surface area (Å²) < 4.78 is 26.7. The smallest absolute Gasteiger partial charge is 0.209 e. The predicted octanol–water partition coefficient (Wildman–Crippen LogP) is 2.44. The molecule has 0 aliphatic rings. The number of aryl methyl sites for hydroxylation is 2. The zero-order valence-corrected chi connectivity index (χ0v) is 14.8. The summed E-state index contributed by atoms with van der Waals surface area (Å²) in [5.74, 6) is 0.482. The van der Waals surface area contributed by atoms with Crippen molar-refractivity contribution >= 4 is 21.6 Å². The van der Waals surface area contributed by atoms with Crippen molar-refractivity contribution in [1.82, 2.24) is 20.2 Å². The Bertz CT molecular complexity index is 754. The molecule has 0 N–H and O–H groups in total. The standard InChI is InChI=1S/C14H20N4O2S2/c1-10(2)18-14(15-16-17-18)21-7-8-22(19,20)13-9-11(3)5-6-12(13)4/h5-6,9-10H,7-8H2,1-4H3. The maximum Gasteiger partial charge on any atom is 0.209 e. The van der Waals surface area contributed by atoms with Crippen molar-refractivity contribution in [3.63, 3.8) is 0 Å². The van der Waals surface area contributed by atoms with Gasteiger partial charge in [-0.05, 0) is 55.3 Å². The van der Waals surface area contributed by atoms with Crippen LogP contribution in [0.2, 0.25) is 0 Å². The highest BCUT2D eigenvalue weighted by Gasteiger charge is 2.18. The average Bonchev–Trinajstić information content (AvgIpc) is 2.90. The lowest BCUT2D eigenvalue weighted by Crippen LogP contribution is -2.12. The number of hydrogen-bond acceptors (Lipinski definition) is 6. The predicted molar refractivity (Wildman–Crippen MR) is 86.9 cm³/mol. The summed E-state index contributed by atoms with van der Waals surface area (Å²) in [6, 6.07) is 5.63. The molecule has 0 saturated heterocycles. The summed E-state index contributed by atoms with van der Waals surface area (Å²) >= 11 is 1.36. The number of aromatic nitrogens is 4. The van der Waals surface area contributed by atoms with Crippen molar-refractivity contribution in [1.29, 1.82) is 0 Å². The van der Waals surface area contributed by atoms with Crippen LogP contribution in [0.1, 0.15) is 31.0 Å². The normalized spacial score (nSPS) is 12.0. The number of hydrogen-bond donors (Lipinski definition) is 0. The molecule has 0 fully saturated rings. The van der Waals surface area contributed by atoms with Crippen molar-refractivity contribution < 1.29 is 8.42 Å². The molecule has 6 nitrogen and oxygen atoms in total. The average molecular weight is 340 g/mol. The minimum absolute atomic E-state index is 0.0624. The van der Waals surface area contributed by atoms with Crippen LogP contribution >= 0.6 is 11.8 Å². The molecule has 0 aliphatic heterocycles. The molecule has 2 aromatic rings. The van der Waals surface area contributed by atoms with Gasteiger partial charge in [0.05, 0.1) is 16.7 Å². The van der Waals surface area contributed by atoms with Gasteiger partial charge in [0.1, 0.15) is 0 Å². The van der Waals surface area contributed by atoms with Crippen LogP contribution in [0.5, 0.6) is 0 Å². The Morgan fingerprint density at radius 3 is 2.68 bits per heavy atom. The maximum absolute atomic E-state index is 12.5. The number of sulfone groups is 1. The first kappa shape index (κ1) is 17.0. The summed E-state index contributed by atoms with van der Waals surface area (Å²) in [7, 11) is -3.30. The van der Waals surface area contributed by atoms with E-state index < -0.39 is 9.84 Å². The molecule has 0 spiro atoms. The Labute approximate surface area is 135 Å².